The van der Waals surface area contributed by atoms with Crippen LogP contribution in [-0.4, -0.2) is 55.2 Å². The van der Waals surface area contributed by atoms with Gasteiger partial charge in [0.15, 0.2) is 0 Å². The number of carboxylic acid groups (broad SMARTS) is 1. The molecule has 0 saturated heterocycles. The molecule has 0 spiro atoms. The molecule has 1 aliphatic carbocycles. The summed E-state index contributed by atoms with van der Waals surface area (Å²) in [6, 6.07) is 16.2. The second-order valence-electron chi connectivity index (χ2n) is 7.96. The Labute approximate surface area is 191 Å². The lowest BCUT2D eigenvalue weighted by Crippen LogP contribution is -2.40. The molecule has 2 aromatic carbocycles. The van der Waals surface area contributed by atoms with Gasteiger partial charge in [-0.15, -0.1) is 0 Å². The molecule has 174 valence electrons. The number of carboxylic acids is 1. The number of hydrogen-bond donors (Lipinski definition) is 4. The molecule has 3 amide bonds. The van der Waals surface area contributed by atoms with Crippen LogP contribution < -0.4 is 16.0 Å². The first-order valence-corrected chi connectivity index (χ1v) is 10.7. The molecule has 2 aromatic rings. The number of alkyl carbamates (subject to hydrolysis) is 1. The van der Waals surface area contributed by atoms with E-state index >= 15 is 0 Å². The lowest BCUT2D eigenvalue weighted by molar-refractivity contribution is -0.137. The predicted octanol–water partition coefficient (Wildman–Crippen LogP) is 1.87. The van der Waals surface area contributed by atoms with Gasteiger partial charge >= 0.3 is 12.1 Å². The highest BCUT2D eigenvalue weighted by Gasteiger charge is 2.29. The van der Waals surface area contributed by atoms with Crippen LogP contribution in [0, 0.1) is 5.92 Å². The molecule has 9 heteroatoms. The van der Waals surface area contributed by atoms with Crippen LogP contribution in [-0.2, 0) is 19.1 Å². The number of benzene rings is 2. The molecule has 1 atom stereocenters. The van der Waals surface area contributed by atoms with E-state index in [0.717, 1.165) is 22.3 Å². The monoisotopic (exact) mass is 453 g/mol. The van der Waals surface area contributed by atoms with Gasteiger partial charge < -0.3 is 25.8 Å². The van der Waals surface area contributed by atoms with Gasteiger partial charge in [0.2, 0.25) is 11.8 Å². The molecular weight excluding hydrogens is 426 g/mol. The number of fused-ring (bicyclic) bond motifs is 3. The lowest BCUT2D eigenvalue weighted by Gasteiger charge is -2.16. The molecule has 1 unspecified atom stereocenters. The number of nitrogens with one attached hydrogen (secondary N) is 3. The summed E-state index contributed by atoms with van der Waals surface area (Å²) >= 11 is 0. The number of aliphatic carboxylic acids is 1. The van der Waals surface area contributed by atoms with Crippen molar-refractivity contribution in [2.24, 2.45) is 5.92 Å². The summed E-state index contributed by atoms with van der Waals surface area (Å²) < 4.78 is 5.47. The molecule has 0 fully saturated rings. The van der Waals surface area contributed by atoms with E-state index in [4.69, 9.17) is 9.84 Å². The summed E-state index contributed by atoms with van der Waals surface area (Å²) in [6.07, 6.45) is -0.465. The van der Waals surface area contributed by atoms with Gasteiger partial charge in [-0.2, -0.15) is 0 Å². The van der Waals surface area contributed by atoms with Crippen LogP contribution in [0.5, 0.6) is 0 Å². The highest BCUT2D eigenvalue weighted by atomic mass is 16.5. The SMILES string of the molecule is CC(CNC(=O)OCC1c2ccccc2-c2ccccc21)CC(=O)NCC(=O)NCC(=O)O. The van der Waals surface area contributed by atoms with Gasteiger partial charge in [-0.25, -0.2) is 4.79 Å². The second kappa shape index (κ2) is 11.1. The Hall–Kier alpha value is -3.88. The van der Waals surface area contributed by atoms with Crippen LogP contribution in [0.2, 0.25) is 0 Å². The Balaban J connectivity index is 1.40. The largest absolute Gasteiger partial charge is 0.480 e. The van der Waals surface area contributed by atoms with Gasteiger partial charge in [0.05, 0.1) is 6.54 Å². The Kier molecular flexibility index (Phi) is 8.01. The van der Waals surface area contributed by atoms with Crippen molar-refractivity contribution >= 4 is 23.9 Å². The third-order valence-corrected chi connectivity index (χ3v) is 5.36. The number of amides is 3. The van der Waals surface area contributed by atoms with Crippen LogP contribution in [0.25, 0.3) is 11.1 Å². The smallest absolute Gasteiger partial charge is 0.407 e. The fourth-order valence-corrected chi connectivity index (χ4v) is 3.78. The lowest BCUT2D eigenvalue weighted by atomic mass is 9.98. The molecule has 0 radical (unpaired) electrons. The maximum absolute atomic E-state index is 12.2. The Morgan fingerprint density at radius 3 is 2.06 bits per heavy atom. The predicted molar refractivity (Wildman–Crippen MR) is 121 cm³/mol. The van der Waals surface area contributed by atoms with Gasteiger partial charge in [-0.05, 0) is 28.2 Å². The first kappa shape index (κ1) is 23.8. The van der Waals surface area contributed by atoms with Gasteiger partial charge in [0.1, 0.15) is 13.2 Å². The van der Waals surface area contributed by atoms with E-state index in [0.29, 0.717) is 0 Å². The Morgan fingerprint density at radius 2 is 1.45 bits per heavy atom. The summed E-state index contributed by atoms with van der Waals surface area (Å²) in [5.74, 6) is -2.34. The number of ether oxygens (including phenoxy) is 1. The van der Waals surface area contributed by atoms with E-state index in [1.807, 2.05) is 36.4 Å². The molecule has 3 rings (SSSR count). The molecule has 4 N–H and O–H groups in total. The van der Waals surface area contributed by atoms with Crippen molar-refractivity contribution in [3.63, 3.8) is 0 Å². The van der Waals surface area contributed by atoms with Crippen molar-refractivity contribution < 1.29 is 29.0 Å². The molecule has 9 nitrogen and oxygen atoms in total. The zero-order chi connectivity index (χ0) is 23.8. The van der Waals surface area contributed by atoms with Crippen molar-refractivity contribution in [2.45, 2.75) is 19.3 Å². The molecule has 1 aliphatic rings. The fourth-order valence-electron chi connectivity index (χ4n) is 3.78. The van der Waals surface area contributed by atoms with Crippen LogP contribution in [0.4, 0.5) is 4.79 Å². The van der Waals surface area contributed by atoms with Crippen LogP contribution in [0.15, 0.2) is 48.5 Å². The molecule has 0 aromatic heterocycles. The minimum Gasteiger partial charge on any atom is -0.480 e. The van der Waals surface area contributed by atoms with Crippen molar-refractivity contribution in [2.75, 3.05) is 26.2 Å². The quantitative estimate of drug-likeness (QED) is 0.434. The molecule has 0 saturated carbocycles. The minimum absolute atomic E-state index is 0.0291. The topological polar surface area (TPSA) is 134 Å². The van der Waals surface area contributed by atoms with E-state index in [-0.39, 0.29) is 43.9 Å². The number of carbonyl (C=O) groups is 4. The number of hydrogen-bond acceptors (Lipinski definition) is 5. The normalized spacial score (nSPS) is 12.8. The average molecular weight is 453 g/mol. The van der Waals surface area contributed by atoms with E-state index in [1.54, 1.807) is 6.92 Å². The minimum atomic E-state index is -1.16. The molecule has 0 heterocycles. The van der Waals surface area contributed by atoms with Gasteiger partial charge in [0, 0.05) is 18.9 Å². The first-order valence-electron chi connectivity index (χ1n) is 10.7. The van der Waals surface area contributed by atoms with E-state index in [2.05, 4.69) is 28.1 Å². The maximum atomic E-state index is 12.2. The van der Waals surface area contributed by atoms with Crippen molar-refractivity contribution in [1.29, 1.82) is 0 Å². The molecule has 33 heavy (non-hydrogen) atoms. The molecule has 0 bridgehead atoms. The van der Waals surface area contributed by atoms with E-state index < -0.39 is 24.5 Å². The van der Waals surface area contributed by atoms with E-state index in [1.165, 1.54) is 0 Å². The second-order valence-corrected chi connectivity index (χ2v) is 7.96. The highest BCUT2D eigenvalue weighted by molar-refractivity contribution is 5.86. The first-order chi connectivity index (χ1) is 15.8. The van der Waals surface area contributed by atoms with Crippen LogP contribution in [0.3, 0.4) is 0 Å². The highest BCUT2D eigenvalue weighted by Crippen LogP contribution is 2.44. The van der Waals surface area contributed by atoms with Crippen molar-refractivity contribution in [3.05, 3.63) is 59.7 Å². The van der Waals surface area contributed by atoms with E-state index in [9.17, 15) is 19.2 Å². The third kappa shape index (κ3) is 6.55. The third-order valence-electron chi connectivity index (χ3n) is 5.36. The van der Waals surface area contributed by atoms with Gasteiger partial charge in [-0.1, -0.05) is 55.5 Å². The van der Waals surface area contributed by atoms with Crippen molar-refractivity contribution in [3.8, 4) is 11.1 Å². The Morgan fingerprint density at radius 1 is 0.879 bits per heavy atom. The van der Waals surface area contributed by atoms with Crippen molar-refractivity contribution in [1.82, 2.24) is 16.0 Å². The van der Waals surface area contributed by atoms with Crippen LogP contribution >= 0.6 is 0 Å². The summed E-state index contributed by atoms with van der Waals surface area (Å²) in [7, 11) is 0. The van der Waals surface area contributed by atoms with Crippen LogP contribution in [0.1, 0.15) is 30.4 Å². The fraction of sp³-hybridized carbons (Fsp3) is 0.333. The molecular formula is C24H27N3O6. The summed E-state index contributed by atoms with van der Waals surface area (Å²) in [5.41, 5.74) is 4.56. The number of carbonyl (C=O) groups excluding carboxylic acids is 3. The maximum Gasteiger partial charge on any atom is 0.407 e. The standard InChI is InChI=1S/C24H27N3O6/c1-15(10-21(28)25-12-22(29)26-13-23(30)31)11-27-24(32)33-14-20-18-8-4-2-6-16(18)17-7-3-5-9-19(17)20/h2-9,15,20H,10-14H2,1H3,(H,25,28)(H,26,29)(H,27,32)(H,30,31). The zero-order valence-corrected chi connectivity index (χ0v) is 18.3. The average Bonchev–Trinajstić information content (AvgIpc) is 3.12. The molecule has 0 aliphatic heterocycles. The Bertz CT molecular complexity index is 993. The summed E-state index contributed by atoms with van der Waals surface area (Å²) in [5, 5.41) is 15.7. The zero-order valence-electron chi connectivity index (χ0n) is 18.3. The number of rotatable bonds is 10. The van der Waals surface area contributed by atoms with Gasteiger partial charge in [0.25, 0.3) is 0 Å². The van der Waals surface area contributed by atoms with Gasteiger partial charge in [-0.3, -0.25) is 14.4 Å². The summed E-state index contributed by atoms with van der Waals surface area (Å²) in [6.45, 7) is 1.41. The summed E-state index contributed by atoms with van der Waals surface area (Å²) in [4.78, 5) is 46.0.